The number of aliphatic carboxylic acids is 1. The lowest BCUT2D eigenvalue weighted by atomic mass is 9.83. The molecule has 0 spiro atoms. The summed E-state index contributed by atoms with van der Waals surface area (Å²) in [6.45, 7) is 6.16. The first kappa shape index (κ1) is 16.8. The van der Waals surface area contributed by atoms with Crippen molar-refractivity contribution < 1.29 is 9.90 Å². The summed E-state index contributed by atoms with van der Waals surface area (Å²) in [7, 11) is 1.96. The number of carbonyl (C=O) groups is 1. The van der Waals surface area contributed by atoms with Gasteiger partial charge >= 0.3 is 5.97 Å². The number of rotatable bonds is 5. The second-order valence-electron chi connectivity index (χ2n) is 7.32. The lowest BCUT2D eigenvalue weighted by Gasteiger charge is -2.31. The van der Waals surface area contributed by atoms with E-state index in [-0.39, 0.29) is 6.54 Å². The van der Waals surface area contributed by atoms with E-state index in [1.54, 1.807) is 0 Å². The smallest absolute Gasteiger partial charge is 0.317 e. The summed E-state index contributed by atoms with van der Waals surface area (Å²) in [6, 6.07) is 0.442. The Balaban J connectivity index is 1.74. The van der Waals surface area contributed by atoms with Crippen LogP contribution in [0.2, 0.25) is 0 Å². The fourth-order valence-corrected chi connectivity index (χ4v) is 3.98. The molecule has 1 unspecified atom stereocenters. The van der Waals surface area contributed by atoms with Crippen LogP contribution in [0.5, 0.6) is 0 Å². The fraction of sp³-hybridized carbons (Fsp3) is 0.941. The Kier molecular flexibility index (Phi) is 6.49. The van der Waals surface area contributed by atoms with Crippen LogP contribution in [-0.2, 0) is 4.79 Å². The summed E-state index contributed by atoms with van der Waals surface area (Å²) in [6.07, 6.45) is 9.08. The molecule has 1 aliphatic carbocycles. The highest BCUT2D eigenvalue weighted by Gasteiger charge is 2.24. The number of likely N-dealkylation sites (tertiary alicyclic amines) is 1. The van der Waals surface area contributed by atoms with E-state index in [0.29, 0.717) is 6.04 Å². The Hall–Kier alpha value is -0.610. The van der Waals surface area contributed by atoms with Crippen molar-refractivity contribution in [2.24, 2.45) is 11.8 Å². The molecule has 0 aromatic rings. The number of nitrogens with zero attached hydrogens (tertiary/aromatic N) is 2. The van der Waals surface area contributed by atoms with E-state index in [4.69, 9.17) is 5.11 Å². The molecular weight excluding hydrogens is 264 g/mol. The van der Waals surface area contributed by atoms with Gasteiger partial charge in [-0.3, -0.25) is 9.69 Å². The summed E-state index contributed by atoms with van der Waals surface area (Å²) < 4.78 is 0. The van der Waals surface area contributed by atoms with E-state index < -0.39 is 5.97 Å². The summed E-state index contributed by atoms with van der Waals surface area (Å²) >= 11 is 0. The molecule has 4 heteroatoms. The molecule has 1 saturated carbocycles. The maximum atomic E-state index is 10.8. The van der Waals surface area contributed by atoms with E-state index in [1.807, 2.05) is 11.9 Å². The van der Waals surface area contributed by atoms with Gasteiger partial charge in [-0.25, -0.2) is 0 Å². The van der Waals surface area contributed by atoms with Crippen LogP contribution in [0.15, 0.2) is 0 Å². The van der Waals surface area contributed by atoms with Gasteiger partial charge in [0.15, 0.2) is 0 Å². The maximum absolute atomic E-state index is 10.8. The van der Waals surface area contributed by atoms with Crippen molar-refractivity contribution in [1.82, 2.24) is 9.80 Å². The molecule has 122 valence electrons. The minimum atomic E-state index is -0.713. The Morgan fingerprint density at radius 2 is 1.86 bits per heavy atom. The molecule has 4 nitrogen and oxygen atoms in total. The first-order valence-corrected chi connectivity index (χ1v) is 8.69. The van der Waals surface area contributed by atoms with Crippen molar-refractivity contribution >= 4 is 5.97 Å². The van der Waals surface area contributed by atoms with Gasteiger partial charge < -0.3 is 10.0 Å². The van der Waals surface area contributed by atoms with E-state index in [9.17, 15) is 4.79 Å². The zero-order valence-corrected chi connectivity index (χ0v) is 13.8. The third kappa shape index (κ3) is 5.59. The zero-order valence-electron chi connectivity index (χ0n) is 13.8. The normalized spacial score (nSPS) is 32.0. The predicted molar refractivity (Wildman–Crippen MR) is 85.5 cm³/mol. The van der Waals surface area contributed by atoms with Gasteiger partial charge in [0.1, 0.15) is 0 Å². The van der Waals surface area contributed by atoms with Crippen molar-refractivity contribution in [3.8, 4) is 0 Å². The fourth-order valence-electron chi connectivity index (χ4n) is 3.98. The largest absolute Gasteiger partial charge is 0.480 e. The summed E-state index contributed by atoms with van der Waals surface area (Å²) in [4.78, 5) is 15.5. The molecule has 1 heterocycles. The maximum Gasteiger partial charge on any atom is 0.317 e. The van der Waals surface area contributed by atoms with Gasteiger partial charge in [0.25, 0.3) is 0 Å². The second kappa shape index (κ2) is 8.14. The van der Waals surface area contributed by atoms with Crippen LogP contribution in [0, 0.1) is 11.8 Å². The van der Waals surface area contributed by atoms with Crippen molar-refractivity contribution in [1.29, 1.82) is 0 Å². The minimum Gasteiger partial charge on any atom is -0.480 e. The van der Waals surface area contributed by atoms with Gasteiger partial charge in [0.2, 0.25) is 0 Å². The highest BCUT2D eigenvalue weighted by molar-refractivity contribution is 5.69. The molecule has 0 aromatic heterocycles. The molecule has 21 heavy (non-hydrogen) atoms. The SMILES string of the molecule is CC1CCC(CN2CCCC(N(C)CC(=O)O)CC2)CC1. The third-order valence-electron chi connectivity index (χ3n) is 5.45. The van der Waals surface area contributed by atoms with Crippen LogP contribution in [0.25, 0.3) is 0 Å². The number of hydrogen-bond donors (Lipinski definition) is 1. The predicted octanol–water partition coefficient (Wildman–Crippen LogP) is 2.68. The summed E-state index contributed by atoms with van der Waals surface area (Å²) in [5, 5.41) is 8.92. The van der Waals surface area contributed by atoms with Gasteiger partial charge in [0, 0.05) is 12.6 Å². The highest BCUT2D eigenvalue weighted by Crippen LogP contribution is 2.29. The lowest BCUT2D eigenvalue weighted by molar-refractivity contribution is -0.138. The van der Waals surface area contributed by atoms with Crippen molar-refractivity contribution in [2.45, 2.75) is 57.9 Å². The summed E-state index contributed by atoms with van der Waals surface area (Å²) in [5.41, 5.74) is 0. The van der Waals surface area contributed by atoms with Crippen LogP contribution in [-0.4, -0.2) is 60.1 Å². The molecule has 1 saturated heterocycles. The number of likely N-dealkylation sites (N-methyl/N-ethyl adjacent to an activating group) is 1. The lowest BCUT2D eigenvalue weighted by Crippen LogP contribution is -2.37. The molecule has 1 atom stereocenters. The van der Waals surface area contributed by atoms with Crippen molar-refractivity contribution in [3.05, 3.63) is 0 Å². The molecule has 2 fully saturated rings. The van der Waals surface area contributed by atoms with Crippen LogP contribution >= 0.6 is 0 Å². The standard InChI is InChI=1S/C17H32N2O2/c1-14-5-7-15(8-6-14)12-19-10-3-4-16(9-11-19)18(2)13-17(20)21/h14-16H,3-13H2,1-2H3,(H,20,21). The Morgan fingerprint density at radius 3 is 2.52 bits per heavy atom. The molecule has 2 aliphatic rings. The molecule has 1 N–H and O–H groups in total. The van der Waals surface area contributed by atoms with E-state index in [0.717, 1.165) is 31.2 Å². The van der Waals surface area contributed by atoms with E-state index in [1.165, 1.54) is 45.2 Å². The van der Waals surface area contributed by atoms with Gasteiger partial charge in [-0.1, -0.05) is 19.8 Å². The van der Waals surface area contributed by atoms with Crippen LogP contribution in [0.1, 0.15) is 51.9 Å². The first-order chi connectivity index (χ1) is 10.0. The van der Waals surface area contributed by atoms with Crippen LogP contribution in [0.4, 0.5) is 0 Å². The van der Waals surface area contributed by atoms with Crippen molar-refractivity contribution in [3.63, 3.8) is 0 Å². The molecule has 0 radical (unpaired) electrons. The van der Waals surface area contributed by atoms with Crippen LogP contribution < -0.4 is 0 Å². The Morgan fingerprint density at radius 1 is 1.14 bits per heavy atom. The molecule has 0 aromatic carbocycles. The van der Waals surface area contributed by atoms with E-state index >= 15 is 0 Å². The van der Waals surface area contributed by atoms with E-state index in [2.05, 4.69) is 11.8 Å². The average molecular weight is 296 g/mol. The third-order valence-corrected chi connectivity index (χ3v) is 5.45. The van der Waals surface area contributed by atoms with Gasteiger partial charge in [-0.15, -0.1) is 0 Å². The number of carboxylic acid groups (broad SMARTS) is 1. The highest BCUT2D eigenvalue weighted by atomic mass is 16.4. The summed E-state index contributed by atoms with van der Waals surface area (Å²) in [5.74, 6) is 1.11. The zero-order chi connectivity index (χ0) is 15.2. The number of hydrogen-bond acceptors (Lipinski definition) is 3. The van der Waals surface area contributed by atoms with Gasteiger partial charge in [0.05, 0.1) is 6.54 Å². The molecular formula is C17H32N2O2. The number of carboxylic acids is 1. The molecule has 2 rings (SSSR count). The average Bonchev–Trinajstić information content (AvgIpc) is 2.66. The molecule has 1 aliphatic heterocycles. The van der Waals surface area contributed by atoms with Gasteiger partial charge in [-0.2, -0.15) is 0 Å². The Bertz CT molecular complexity index is 327. The molecule has 0 bridgehead atoms. The topological polar surface area (TPSA) is 43.8 Å². The quantitative estimate of drug-likeness (QED) is 0.847. The molecule has 0 amide bonds. The van der Waals surface area contributed by atoms with Crippen LogP contribution in [0.3, 0.4) is 0 Å². The van der Waals surface area contributed by atoms with Gasteiger partial charge in [-0.05, 0) is 64.1 Å². The monoisotopic (exact) mass is 296 g/mol. The van der Waals surface area contributed by atoms with Crippen molar-refractivity contribution in [2.75, 3.05) is 33.2 Å². The first-order valence-electron chi connectivity index (χ1n) is 8.69. The second-order valence-corrected chi connectivity index (χ2v) is 7.32. The Labute approximate surface area is 129 Å². The minimum absolute atomic E-state index is 0.172.